The molecule has 0 radical (unpaired) electrons. The van der Waals surface area contributed by atoms with Crippen LogP contribution in [-0.4, -0.2) is 4.90 Å². The Labute approximate surface area is 119 Å². The highest BCUT2D eigenvalue weighted by Gasteiger charge is 2.23. The molecule has 1 aliphatic rings. The molecule has 0 unspecified atom stereocenters. The molecule has 0 saturated heterocycles. The Balaban J connectivity index is 0.00000120. The summed E-state index contributed by atoms with van der Waals surface area (Å²) in [6, 6.07) is 20.0. The quantitative estimate of drug-likeness (QED) is 0.797. The van der Waals surface area contributed by atoms with Crippen LogP contribution in [0.1, 0.15) is 29.7 Å². The van der Waals surface area contributed by atoms with Gasteiger partial charge in [0.25, 0.3) is 0 Å². The van der Waals surface area contributed by atoms with Gasteiger partial charge in [-0.2, -0.15) is 0 Å². The lowest BCUT2D eigenvalue weighted by molar-refractivity contribution is 0.215. The van der Waals surface area contributed by atoms with Crippen LogP contribution in [0.2, 0.25) is 0 Å². The summed E-state index contributed by atoms with van der Waals surface area (Å²) in [4.78, 5) is 2.53. The molecule has 0 bridgehead atoms. The van der Waals surface area contributed by atoms with Gasteiger partial charge in [0, 0.05) is 19.1 Å². The zero-order valence-corrected chi connectivity index (χ0v) is 12.3. The van der Waals surface area contributed by atoms with E-state index < -0.39 is 0 Å². The third-order valence-corrected chi connectivity index (χ3v) is 3.69. The van der Waals surface area contributed by atoms with Crippen LogP contribution < -0.4 is 0 Å². The molecule has 0 N–H and O–H groups in total. The average molecular weight is 304 g/mol. The normalized spacial score (nSPS) is 15.8. The van der Waals surface area contributed by atoms with Crippen LogP contribution >= 0.6 is 17.0 Å². The molecule has 1 aliphatic heterocycles. The lowest BCUT2D eigenvalue weighted by atomic mass is 10.1. The van der Waals surface area contributed by atoms with Crippen molar-refractivity contribution in [2.45, 2.75) is 26.1 Å². The minimum absolute atomic E-state index is 0. The van der Waals surface area contributed by atoms with Crippen LogP contribution in [0.15, 0.2) is 54.6 Å². The monoisotopic (exact) mass is 303 g/mol. The molecule has 1 nitrogen and oxygen atoms in total. The van der Waals surface area contributed by atoms with Crippen LogP contribution in [0.5, 0.6) is 0 Å². The number of fused-ring (bicyclic) bond motifs is 1. The second-order valence-electron chi connectivity index (χ2n) is 4.76. The predicted octanol–water partition coefficient (Wildman–Crippen LogP) is 4.34. The maximum absolute atomic E-state index is 2.53. The van der Waals surface area contributed by atoms with E-state index in [2.05, 4.69) is 66.4 Å². The molecule has 2 aromatic rings. The highest BCUT2D eigenvalue weighted by atomic mass is 79.9. The van der Waals surface area contributed by atoms with Crippen LogP contribution in [0, 0.1) is 0 Å². The highest BCUT2D eigenvalue weighted by molar-refractivity contribution is 8.93. The van der Waals surface area contributed by atoms with E-state index >= 15 is 0 Å². The second-order valence-corrected chi connectivity index (χ2v) is 4.76. The van der Waals surface area contributed by atoms with Crippen molar-refractivity contribution >= 4 is 17.0 Å². The first-order valence-corrected chi connectivity index (χ1v) is 6.20. The summed E-state index contributed by atoms with van der Waals surface area (Å²) in [5, 5.41) is 0. The molecular formula is C16H18BrN. The van der Waals surface area contributed by atoms with Crippen LogP contribution in [0.3, 0.4) is 0 Å². The molecule has 0 aliphatic carbocycles. The lowest BCUT2D eigenvalue weighted by Gasteiger charge is -2.24. The molecule has 18 heavy (non-hydrogen) atoms. The molecule has 0 spiro atoms. The van der Waals surface area contributed by atoms with Crippen molar-refractivity contribution in [3.05, 3.63) is 71.3 Å². The van der Waals surface area contributed by atoms with Gasteiger partial charge in [-0.25, -0.2) is 0 Å². The van der Waals surface area contributed by atoms with E-state index in [0.29, 0.717) is 6.04 Å². The van der Waals surface area contributed by atoms with Crippen molar-refractivity contribution in [2.24, 2.45) is 0 Å². The van der Waals surface area contributed by atoms with Crippen molar-refractivity contribution < 1.29 is 0 Å². The molecule has 0 amide bonds. The van der Waals surface area contributed by atoms with Gasteiger partial charge < -0.3 is 0 Å². The summed E-state index contributed by atoms with van der Waals surface area (Å²) in [5.74, 6) is 0. The maximum Gasteiger partial charge on any atom is 0.0326 e. The van der Waals surface area contributed by atoms with Crippen molar-refractivity contribution in [1.29, 1.82) is 0 Å². The maximum atomic E-state index is 2.53. The number of rotatable bonds is 2. The summed E-state index contributed by atoms with van der Waals surface area (Å²) in [6.45, 7) is 4.44. The predicted molar refractivity (Wildman–Crippen MR) is 80.9 cm³/mol. The fourth-order valence-corrected chi connectivity index (χ4v) is 2.58. The highest BCUT2D eigenvalue weighted by Crippen LogP contribution is 2.30. The molecule has 0 saturated carbocycles. The Kier molecular flexibility index (Phi) is 4.20. The van der Waals surface area contributed by atoms with E-state index in [0.717, 1.165) is 13.1 Å². The molecule has 2 aromatic carbocycles. The fraction of sp³-hybridized carbons (Fsp3) is 0.250. The number of nitrogens with zero attached hydrogens (tertiary/aromatic N) is 1. The topological polar surface area (TPSA) is 3.24 Å². The average Bonchev–Trinajstić information content (AvgIpc) is 2.82. The summed E-state index contributed by atoms with van der Waals surface area (Å²) in [6.07, 6.45) is 0. The molecule has 1 atom stereocenters. The summed E-state index contributed by atoms with van der Waals surface area (Å²) in [5.41, 5.74) is 4.37. The SMILES string of the molecule is Br.C[C@@H](c1ccccc1)N1Cc2ccccc2C1. The van der Waals surface area contributed by atoms with E-state index in [4.69, 9.17) is 0 Å². The van der Waals surface area contributed by atoms with Gasteiger partial charge >= 0.3 is 0 Å². The van der Waals surface area contributed by atoms with Crippen LogP contribution in [0.4, 0.5) is 0 Å². The van der Waals surface area contributed by atoms with Crippen molar-refractivity contribution in [1.82, 2.24) is 4.90 Å². The van der Waals surface area contributed by atoms with E-state index in [1.54, 1.807) is 0 Å². The van der Waals surface area contributed by atoms with Gasteiger partial charge in [-0.15, -0.1) is 17.0 Å². The van der Waals surface area contributed by atoms with E-state index in [9.17, 15) is 0 Å². The Morgan fingerprint density at radius 2 is 1.33 bits per heavy atom. The Morgan fingerprint density at radius 3 is 1.89 bits per heavy atom. The minimum atomic E-state index is 0. The van der Waals surface area contributed by atoms with E-state index in [1.165, 1.54) is 16.7 Å². The third kappa shape index (κ3) is 2.50. The second kappa shape index (κ2) is 5.68. The number of benzene rings is 2. The zero-order chi connectivity index (χ0) is 11.7. The van der Waals surface area contributed by atoms with Crippen LogP contribution in [-0.2, 0) is 13.1 Å². The number of halogens is 1. The largest absolute Gasteiger partial charge is 0.288 e. The van der Waals surface area contributed by atoms with Gasteiger partial charge in [0.15, 0.2) is 0 Å². The lowest BCUT2D eigenvalue weighted by Crippen LogP contribution is -2.20. The van der Waals surface area contributed by atoms with E-state index in [-0.39, 0.29) is 17.0 Å². The smallest absolute Gasteiger partial charge is 0.0326 e. The van der Waals surface area contributed by atoms with Gasteiger partial charge in [0.1, 0.15) is 0 Å². The summed E-state index contributed by atoms with van der Waals surface area (Å²) < 4.78 is 0. The standard InChI is InChI=1S/C16H17N.BrH/c1-13(14-7-3-2-4-8-14)17-11-15-9-5-6-10-16(15)12-17;/h2-10,13H,11-12H2,1H3;1H/t13-;/m0./s1. The third-order valence-electron chi connectivity index (χ3n) is 3.69. The number of hydrogen-bond donors (Lipinski definition) is 0. The Bertz CT molecular complexity index is 485. The molecule has 1 heterocycles. The van der Waals surface area contributed by atoms with Crippen LogP contribution in [0.25, 0.3) is 0 Å². The van der Waals surface area contributed by atoms with Gasteiger partial charge in [-0.1, -0.05) is 54.6 Å². The minimum Gasteiger partial charge on any atom is -0.288 e. The Morgan fingerprint density at radius 1 is 0.833 bits per heavy atom. The first kappa shape index (κ1) is 13.3. The first-order chi connectivity index (χ1) is 8.34. The number of hydrogen-bond acceptors (Lipinski definition) is 1. The van der Waals surface area contributed by atoms with Crippen molar-refractivity contribution in [2.75, 3.05) is 0 Å². The molecule has 0 aromatic heterocycles. The molecular weight excluding hydrogens is 286 g/mol. The van der Waals surface area contributed by atoms with Gasteiger partial charge in [-0.3, -0.25) is 4.90 Å². The summed E-state index contributed by atoms with van der Waals surface area (Å²) >= 11 is 0. The first-order valence-electron chi connectivity index (χ1n) is 6.20. The molecule has 3 rings (SSSR count). The Hall–Kier alpha value is -1.12. The molecule has 2 heteroatoms. The summed E-state index contributed by atoms with van der Waals surface area (Å²) in [7, 11) is 0. The fourth-order valence-electron chi connectivity index (χ4n) is 2.58. The van der Waals surface area contributed by atoms with E-state index in [1.807, 2.05) is 0 Å². The van der Waals surface area contributed by atoms with Gasteiger partial charge in [-0.05, 0) is 23.6 Å². The van der Waals surface area contributed by atoms with Gasteiger partial charge in [0.2, 0.25) is 0 Å². The molecule has 0 fully saturated rings. The molecule has 94 valence electrons. The van der Waals surface area contributed by atoms with Crippen molar-refractivity contribution in [3.8, 4) is 0 Å². The van der Waals surface area contributed by atoms with Gasteiger partial charge in [0.05, 0.1) is 0 Å². The zero-order valence-electron chi connectivity index (χ0n) is 10.5. The van der Waals surface area contributed by atoms with Crippen molar-refractivity contribution in [3.63, 3.8) is 0 Å².